The Balaban J connectivity index is 1.45. The van der Waals surface area contributed by atoms with Gasteiger partial charge in [0.15, 0.2) is 5.96 Å². The van der Waals surface area contributed by atoms with Crippen molar-refractivity contribution in [2.75, 3.05) is 25.9 Å². The van der Waals surface area contributed by atoms with E-state index in [1.54, 1.807) is 0 Å². The molecule has 1 saturated carbocycles. The van der Waals surface area contributed by atoms with Crippen LogP contribution in [0.5, 0.6) is 0 Å². The van der Waals surface area contributed by atoms with Crippen LogP contribution in [0.2, 0.25) is 0 Å². The standard InChI is InChI=1S/C20H29N5S/c1-21-19(25-12-13-26-20(15-25)10-6-3-7-11-20)22-14-18-23-16-8-4-5-9-17(16)24(18)2/h4-5,8-9H,3,6-7,10-15H2,1-2H3,(H,21,22). The number of thioether (sulfide) groups is 1. The molecule has 0 radical (unpaired) electrons. The summed E-state index contributed by atoms with van der Waals surface area (Å²) in [7, 11) is 3.98. The quantitative estimate of drug-likeness (QED) is 0.649. The molecule has 1 aliphatic carbocycles. The molecule has 0 bridgehead atoms. The molecule has 1 spiro atoms. The van der Waals surface area contributed by atoms with Gasteiger partial charge in [0.05, 0.1) is 17.6 Å². The summed E-state index contributed by atoms with van der Waals surface area (Å²) in [6.07, 6.45) is 6.88. The molecule has 1 aromatic heterocycles. The number of guanidine groups is 1. The first-order valence-corrected chi connectivity index (χ1v) is 10.7. The molecule has 2 aromatic rings. The molecule has 1 aromatic carbocycles. The number of hydrogen-bond donors (Lipinski definition) is 1. The van der Waals surface area contributed by atoms with Crippen LogP contribution in [0.25, 0.3) is 11.0 Å². The van der Waals surface area contributed by atoms with Crippen LogP contribution in [-0.4, -0.2) is 51.0 Å². The van der Waals surface area contributed by atoms with Crippen LogP contribution in [0.15, 0.2) is 29.3 Å². The normalized spacial score (nSPS) is 20.7. The minimum atomic E-state index is 0.450. The van der Waals surface area contributed by atoms with Gasteiger partial charge in [0, 0.05) is 37.7 Å². The lowest BCUT2D eigenvalue weighted by Crippen LogP contribution is -2.53. The Kier molecular flexibility index (Phi) is 5.11. The van der Waals surface area contributed by atoms with Crippen molar-refractivity contribution < 1.29 is 0 Å². The van der Waals surface area contributed by atoms with E-state index in [0.717, 1.165) is 30.4 Å². The monoisotopic (exact) mass is 371 g/mol. The van der Waals surface area contributed by atoms with Crippen LogP contribution < -0.4 is 5.32 Å². The lowest BCUT2D eigenvalue weighted by atomic mass is 9.87. The number of aliphatic imine (C=N–C) groups is 1. The molecule has 26 heavy (non-hydrogen) atoms. The number of benzene rings is 1. The largest absolute Gasteiger partial charge is 0.349 e. The summed E-state index contributed by atoms with van der Waals surface area (Å²) < 4.78 is 2.62. The van der Waals surface area contributed by atoms with Crippen molar-refractivity contribution in [3.05, 3.63) is 30.1 Å². The van der Waals surface area contributed by atoms with Gasteiger partial charge in [-0.15, -0.1) is 0 Å². The van der Waals surface area contributed by atoms with Crippen molar-refractivity contribution in [3.8, 4) is 0 Å². The third kappa shape index (κ3) is 3.43. The first-order valence-electron chi connectivity index (χ1n) is 9.71. The smallest absolute Gasteiger partial charge is 0.194 e. The first-order chi connectivity index (χ1) is 12.7. The van der Waals surface area contributed by atoms with Crippen LogP contribution >= 0.6 is 11.8 Å². The summed E-state index contributed by atoms with van der Waals surface area (Å²) >= 11 is 2.20. The predicted octanol–water partition coefficient (Wildman–Crippen LogP) is 3.40. The molecule has 2 heterocycles. The highest BCUT2D eigenvalue weighted by atomic mass is 32.2. The van der Waals surface area contributed by atoms with Gasteiger partial charge in [-0.1, -0.05) is 31.4 Å². The molecule has 0 atom stereocenters. The average Bonchev–Trinajstić information content (AvgIpc) is 2.99. The van der Waals surface area contributed by atoms with E-state index < -0.39 is 0 Å². The minimum absolute atomic E-state index is 0.450. The zero-order valence-corrected chi connectivity index (χ0v) is 16.7. The van der Waals surface area contributed by atoms with E-state index in [-0.39, 0.29) is 0 Å². The SMILES string of the molecule is CN=C(NCc1nc2ccccc2n1C)N1CCSC2(CCCCC2)C1. The molecule has 1 saturated heterocycles. The average molecular weight is 372 g/mol. The summed E-state index contributed by atoms with van der Waals surface area (Å²) in [6.45, 7) is 2.91. The van der Waals surface area contributed by atoms with Crippen molar-refractivity contribution in [2.45, 2.75) is 43.4 Å². The lowest BCUT2D eigenvalue weighted by molar-refractivity contribution is 0.293. The molecule has 0 unspecified atom stereocenters. The zero-order chi connectivity index (χ0) is 18.0. The van der Waals surface area contributed by atoms with Crippen LogP contribution in [0, 0.1) is 0 Å². The van der Waals surface area contributed by atoms with Crippen molar-refractivity contribution in [3.63, 3.8) is 0 Å². The molecule has 2 aliphatic rings. The summed E-state index contributed by atoms with van der Waals surface area (Å²) in [6, 6.07) is 8.30. The molecule has 6 heteroatoms. The second-order valence-electron chi connectivity index (χ2n) is 7.49. The fraction of sp³-hybridized carbons (Fsp3) is 0.600. The molecule has 1 N–H and O–H groups in total. The van der Waals surface area contributed by atoms with Crippen LogP contribution in [0.4, 0.5) is 0 Å². The van der Waals surface area contributed by atoms with Crippen LogP contribution in [-0.2, 0) is 13.6 Å². The van der Waals surface area contributed by atoms with Gasteiger partial charge >= 0.3 is 0 Å². The Morgan fingerprint density at radius 2 is 2.08 bits per heavy atom. The van der Waals surface area contributed by atoms with E-state index >= 15 is 0 Å². The molecule has 4 rings (SSSR count). The summed E-state index contributed by atoms with van der Waals surface area (Å²) in [5.74, 6) is 3.26. The molecule has 1 aliphatic heterocycles. The minimum Gasteiger partial charge on any atom is -0.349 e. The van der Waals surface area contributed by atoms with Gasteiger partial charge in [0.25, 0.3) is 0 Å². The fourth-order valence-corrected chi connectivity index (χ4v) is 5.94. The number of aryl methyl sites for hydroxylation is 1. The summed E-state index contributed by atoms with van der Waals surface area (Å²) in [4.78, 5) is 11.8. The molecular weight excluding hydrogens is 342 g/mol. The second kappa shape index (κ2) is 7.51. The number of rotatable bonds is 2. The van der Waals surface area contributed by atoms with Crippen molar-refractivity contribution >= 4 is 28.8 Å². The van der Waals surface area contributed by atoms with E-state index in [4.69, 9.17) is 4.98 Å². The Labute approximate surface area is 160 Å². The van der Waals surface area contributed by atoms with Gasteiger partial charge in [-0.25, -0.2) is 4.98 Å². The highest BCUT2D eigenvalue weighted by Crippen LogP contribution is 2.42. The number of nitrogens with one attached hydrogen (secondary N) is 1. The summed E-state index contributed by atoms with van der Waals surface area (Å²) in [5.41, 5.74) is 2.23. The highest BCUT2D eigenvalue weighted by Gasteiger charge is 2.38. The number of para-hydroxylation sites is 2. The third-order valence-corrected chi connectivity index (χ3v) is 7.35. The molecule has 2 fully saturated rings. The molecule has 5 nitrogen and oxygen atoms in total. The van der Waals surface area contributed by atoms with E-state index in [2.05, 4.69) is 56.8 Å². The van der Waals surface area contributed by atoms with Gasteiger partial charge in [0.1, 0.15) is 5.82 Å². The van der Waals surface area contributed by atoms with Crippen molar-refractivity contribution in [1.29, 1.82) is 0 Å². The van der Waals surface area contributed by atoms with Gasteiger partial charge < -0.3 is 14.8 Å². The maximum atomic E-state index is 4.77. The summed E-state index contributed by atoms with van der Waals surface area (Å²) in [5, 5.41) is 3.56. The molecule has 140 valence electrons. The van der Waals surface area contributed by atoms with E-state index in [1.165, 1.54) is 43.4 Å². The zero-order valence-electron chi connectivity index (χ0n) is 15.9. The number of nitrogens with zero attached hydrogens (tertiary/aromatic N) is 4. The maximum Gasteiger partial charge on any atom is 0.194 e. The Hall–Kier alpha value is -1.69. The number of hydrogen-bond acceptors (Lipinski definition) is 3. The van der Waals surface area contributed by atoms with Crippen molar-refractivity contribution in [1.82, 2.24) is 19.8 Å². The highest BCUT2D eigenvalue weighted by molar-refractivity contribution is 8.00. The fourth-order valence-electron chi connectivity index (χ4n) is 4.37. The van der Waals surface area contributed by atoms with E-state index in [0.29, 0.717) is 11.3 Å². The number of fused-ring (bicyclic) bond motifs is 1. The van der Waals surface area contributed by atoms with Crippen LogP contribution in [0.3, 0.4) is 0 Å². The van der Waals surface area contributed by atoms with Gasteiger partial charge in [-0.3, -0.25) is 4.99 Å². The van der Waals surface area contributed by atoms with Gasteiger partial charge in [0.2, 0.25) is 0 Å². The number of aromatic nitrogens is 2. The Morgan fingerprint density at radius 3 is 2.85 bits per heavy atom. The first kappa shape index (κ1) is 17.7. The Morgan fingerprint density at radius 1 is 1.27 bits per heavy atom. The third-order valence-electron chi connectivity index (χ3n) is 5.81. The van der Waals surface area contributed by atoms with Gasteiger partial charge in [-0.05, 0) is 25.0 Å². The molecule has 0 amide bonds. The van der Waals surface area contributed by atoms with E-state index in [9.17, 15) is 0 Å². The second-order valence-corrected chi connectivity index (χ2v) is 9.05. The Bertz CT molecular complexity index is 785. The predicted molar refractivity (Wildman–Crippen MR) is 111 cm³/mol. The maximum absolute atomic E-state index is 4.77. The lowest BCUT2D eigenvalue weighted by Gasteiger charge is -2.45. The molecular formula is C20H29N5S. The van der Waals surface area contributed by atoms with Gasteiger partial charge in [-0.2, -0.15) is 11.8 Å². The van der Waals surface area contributed by atoms with Crippen molar-refractivity contribution in [2.24, 2.45) is 12.0 Å². The topological polar surface area (TPSA) is 45.5 Å². The van der Waals surface area contributed by atoms with Crippen LogP contribution in [0.1, 0.15) is 37.9 Å². The number of imidazole rings is 1. The van der Waals surface area contributed by atoms with E-state index in [1.807, 2.05) is 13.1 Å².